The Bertz CT molecular complexity index is 485. The van der Waals surface area contributed by atoms with Crippen molar-refractivity contribution in [3.8, 4) is 0 Å². The van der Waals surface area contributed by atoms with Crippen LogP contribution in [-0.2, 0) is 19.3 Å². The van der Waals surface area contributed by atoms with Gasteiger partial charge in [-0.15, -0.1) is 11.3 Å². The van der Waals surface area contributed by atoms with Crippen molar-refractivity contribution in [2.45, 2.75) is 32.1 Å². The van der Waals surface area contributed by atoms with Crippen molar-refractivity contribution in [3.05, 3.63) is 34.2 Å². The first kappa shape index (κ1) is 11.6. The highest BCUT2D eigenvalue weighted by molar-refractivity contribution is 7.11. The largest absolute Gasteiger partial charge is 0.368 e. The molecule has 0 aliphatic heterocycles. The molecule has 0 saturated carbocycles. The standard InChI is InChI=1S/C13H16N4S/c1-2-4-11-10(3-1)17-13(18-11)5-6-15-12-9-14-7-8-16-12/h7-9H,1-6H2,(H,15,16). The Labute approximate surface area is 111 Å². The summed E-state index contributed by atoms with van der Waals surface area (Å²) >= 11 is 1.88. The molecular formula is C13H16N4S. The second-order valence-corrected chi connectivity index (χ2v) is 5.62. The van der Waals surface area contributed by atoms with Crippen molar-refractivity contribution in [1.82, 2.24) is 15.0 Å². The molecule has 0 saturated heterocycles. The summed E-state index contributed by atoms with van der Waals surface area (Å²) in [5.41, 5.74) is 1.35. The molecule has 3 rings (SSSR count). The Morgan fingerprint density at radius 3 is 3.00 bits per heavy atom. The molecule has 5 heteroatoms. The van der Waals surface area contributed by atoms with E-state index in [4.69, 9.17) is 4.98 Å². The van der Waals surface area contributed by atoms with Crippen molar-refractivity contribution in [1.29, 1.82) is 0 Å². The number of hydrogen-bond acceptors (Lipinski definition) is 5. The molecule has 0 amide bonds. The normalized spacial score (nSPS) is 14.2. The van der Waals surface area contributed by atoms with Gasteiger partial charge in [-0.1, -0.05) is 0 Å². The Morgan fingerprint density at radius 2 is 2.17 bits per heavy atom. The lowest BCUT2D eigenvalue weighted by Crippen LogP contribution is -2.06. The highest BCUT2D eigenvalue weighted by Gasteiger charge is 2.14. The number of nitrogens with zero attached hydrogens (tertiary/aromatic N) is 3. The first-order chi connectivity index (χ1) is 8.92. The highest BCUT2D eigenvalue weighted by Crippen LogP contribution is 2.26. The van der Waals surface area contributed by atoms with E-state index in [1.165, 1.54) is 41.3 Å². The zero-order valence-corrected chi connectivity index (χ0v) is 11.0. The fourth-order valence-electron chi connectivity index (χ4n) is 2.20. The Hall–Kier alpha value is -1.49. The van der Waals surface area contributed by atoms with Gasteiger partial charge in [-0.2, -0.15) is 0 Å². The second kappa shape index (κ2) is 5.44. The smallest absolute Gasteiger partial charge is 0.144 e. The number of aromatic nitrogens is 3. The van der Waals surface area contributed by atoms with Crippen molar-refractivity contribution in [3.63, 3.8) is 0 Å². The molecule has 2 aromatic rings. The van der Waals surface area contributed by atoms with Crippen molar-refractivity contribution >= 4 is 17.2 Å². The van der Waals surface area contributed by atoms with E-state index in [-0.39, 0.29) is 0 Å². The van der Waals surface area contributed by atoms with Crippen molar-refractivity contribution < 1.29 is 0 Å². The molecule has 0 bridgehead atoms. The number of thiazole rings is 1. The van der Waals surface area contributed by atoms with Crippen LogP contribution in [0.3, 0.4) is 0 Å². The third kappa shape index (κ3) is 2.67. The Kier molecular flexibility index (Phi) is 3.50. The van der Waals surface area contributed by atoms with Crippen LogP contribution in [0.4, 0.5) is 5.82 Å². The van der Waals surface area contributed by atoms with E-state index in [9.17, 15) is 0 Å². The number of aryl methyl sites for hydroxylation is 2. The van der Waals surface area contributed by atoms with Gasteiger partial charge in [0.2, 0.25) is 0 Å². The summed E-state index contributed by atoms with van der Waals surface area (Å²) in [6, 6.07) is 0. The number of nitrogens with one attached hydrogen (secondary N) is 1. The van der Waals surface area contributed by atoms with Gasteiger partial charge in [0, 0.05) is 30.2 Å². The number of rotatable bonds is 4. The SMILES string of the molecule is c1cnc(NCCc2nc3c(s2)CCCC3)cn1. The summed E-state index contributed by atoms with van der Waals surface area (Å²) < 4.78 is 0. The maximum Gasteiger partial charge on any atom is 0.144 e. The summed E-state index contributed by atoms with van der Waals surface area (Å²) in [5.74, 6) is 0.832. The maximum absolute atomic E-state index is 4.72. The van der Waals surface area contributed by atoms with E-state index in [2.05, 4.69) is 15.3 Å². The monoisotopic (exact) mass is 260 g/mol. The van der Waals surface area contributed by atoms with Gasteiger partial charge in [0.05, 0.1) is 16.9 Å². The average molecular weight is 260 g/mol. The fraction of sp³-hybridized carbons (Fsp3) is 0.462. The van der Waals surface area contributed by atoms with Crippen LogP contribution in [0.25, 0.3) is 0 Å². The molecule has 0 fully saturated rings. The number of fused-ring (bicyclic) bond motifs is 1. The van der Waals surface area contributed by atoms with Crippen molar-refractivity contribution in [2.24, 2.45) is 0 Å². The van der Waals surface area contributed by atoms with Crippen LogP contribution in [0.15, 0.2) is 18.6 Å². The zero-order valence-electron chi connectivity index (χ0n) is 10.2. The van der Waals surface area contributed by atoms with Crippen LogP contribution >= 0.6 is 11.3 Å². The van der Waals surface area contributed by atoms with Gasteiger partial charge in [0.25, 0.3) is 0 Å². The van der Waals surface area contributed by atoms with E-state index in [1.54, 1.807) is 18.6 Å². The maximum atomic E-state index is 4.72. The van der Waals surface area contributed by atoms with Crippen LogP contribution in [-0.4, -0.2) is 21.5 Å². The van der Waals surface area contributed by atoms with Gasteiger partial charge in [-0.25, -0.2) is 9.97 Å². The molecule has 0 aromatic carbocycles. The first-order valence-electron chi connectivity index (χ1n) is 6.39. The molecule has 1 aliphatic carbocycles. The lowest BCUT2D eigenvalue weighted by molar-refractivity contribution is 0.680. The summed E-state index contributed by atoms with van der Waals surface area (Å²) in [4.78, 5) is 14.4. The van der Waals surface area contributed by atoms with E-state index >= 15 is 0 Å². The van der Waals surface area contributed by atoms with Crippen LogP contribution in [0.5, 0.6) is 0 Å². The minimum Gasteiger partial charge on any atom is -0.368 e. The van der Waals surface area contributed by atoms with Gasteiger partial charge in [-0.05, 0) is 25.7 Å². The van der Waals surface area contributed by atoms with E-state index in [0.717, 1.165) is 18.8 Å². The molecule has 18 heavy (non-hydrogen) atoms. The second-order valence-electron chi connectivity index (χ2n) is 4.45. The molecule has 0 unspecified atom stereocenters. The molecule has 1 aliphatic rings. The summed E-state index contributed by atoms with van der Waals surface area (Å²) in [5, 5.41) is 4.51. The van der Waals surface area contributed by atoms with Gasteiger partial charge in [-0.3, -0.25) is 4.98 Å². The molecule has 2 heterocycles. The molecule has 0 atom stereocenters. The van der Waals surface area contributed by atoms with E-state index < -0.39 is 0 Å². The lowest BCUT2D eigenvalue weighted by atomic mass is 10.0. The lowest BCUT2D eigenvalue weighted by Gasteiger charge is -2.06. The van der Waals surface area contributed by atoms with Crippen LogP contribution in [0.1, 0.15) is 28.4 Å². The molecule has 4 nitrogen and oxygen atoms in total. The van der Waals surface area contributed by atoms with Crippen LogP contribution in [0.2, 0.25) is 0 Å². The van der Waals surface area contributed by atoms with E-state index in [1.807, 2.05) is 11.3 Å². The first-order valence-corrected chi connectivity index (χ1v) is 7.21. The van der Waals surface area contributed by atoms with Crippen LogP contribution < -0.4 is 5.32 Å². The van der Waals surface area contributed by atoms with Gasteiger partial charge in [0.15, 0.2) is 0 Å². The highest BCUT2D eigenvalue weighted by atomic mass is 32.1. The molecular weight excluding hydrogens is 244 g/mol. The molecule has 2 aromatic heterocycles. The fourth-order valence-corrected chi connectivity index (χ4v) is 3.36. The Balaban J connectivity index is 1.55. The predicted octanol–water partition coefficient (Wildman–Crippen LogP) is 2.47. The Morgan fingerprint density at radius 1 is 1.22 bits per heavy atom. The van der Waals surface area contributed by atoms with Gasteiger partial charge >= 0.3 is 0 Å². The van der Waals surface area contributed by atoms with E-state index in [0.29, 0.717) is 0 Å². The quantitative estimate of drug-likeness (QED) is 0.917. The summed E-state index contributed by atoms with van der Waals surface area (Å²) in [6.07, 6.45) is 11.1. The van der Waals surface area contributed by atoms with Crippen LogP contribution in [0, 0.1) is 0 Å². The third-order valence-corrected chi connectivity index (χ3v) is 4.32. The minimum absolute atomic E-state index is 0.832. The molecule has 1 N–H and O–H groups in total. The topological polar surface area (TPSA) is 50.7 Å². The average Bonchev–Trinajstić information content (AvgIpc) is 2.82. The predicted molar refractivity (Wildman–Crippen MR) is 73.0 cm³/mol. The number of anilines is 1. The number of hydrogen-bond donors (Lipinski definition) is 1. The minimum atomic E-state index is 0.832. The molecule has 94 valence electrons. The van der Waals surface area contributed by atoms with Gasteiger partial charge in [0.1, 0.15) is 5.82 Å². The summed E-state index contributed by atoms with van der Waals surface area (Å²) in [7, 11) is 0. The zero-order chi connectivity index (χ0) is 12.2. The molecule has 0 radical (unpaired) electrons. The summed E-state index contributed by atoms with van der Waals surface area (Å²) in [6.45, 7) is 0.866. The van der Waals surface area contributed by atoms with Crippen molar-refractivity contribution in [2.75, 3.05) is 11.9 Å². The van der Waals surface area contributed by atoms with Gasteiger partial charge < -0.3 is 5.32 Å². The molecule has 0 spiro atoms. The third-order valence-electron chi connectivity index (χ3n) is 3.10.